The Morgan fingerprint density at radius 2 is 2.00 bits per heavy atom. The minimum atomic E-state index is 0.555. The Hall–Kier alpha value is -2.30. The lowest BCUT2D eigenvalue weighted by atomic mass is 10.2. The molecule has 1 aromatic heterocycles. The lowest BCUT2D eigenvalue weighted by molar-refractivity contribution is 0.943. The van der Waals surface area contributed by atoms with Crippen LogP contribution < -0.4 is 16.2 Å². The molecule has 0 amide bonds. The summed E-state index contributed by atoms with van der Waals surface area (Å²) in [5.74, 6) is 6.69. The van der Waals surface area contributed by atoms with Gasteiger partial charge < -0.3 is 10.3 Å². The third-order valence-corrected chi connectivity index (χ3v) is 3.30. The van der Waals surface area contributed by atoms with Crippen molar-refractivity contribution in [2.24, 2.45) is 5.84 Å². The van der Waals surface area contributed by atoms with Crippen molar-refractivity contribution in [2.75, 3.05) is 23.6 Å². The van der Waals surface area contributed by atoms with E-state index in [1.807, 2.05) is 30.3 Å². The van der Waals surface area contributed by atoms with Crippen LogP contribution in [0.5, 0.6) is 0 Å². The zero-order valence-corrected chi connectivity index (χ0v) is 12.0. The van der Waals surface area contributed by atoms with Gasteiger partial charge in [-0.15, -0.1) is 0 Å². The van der Waals surface area contributed by atoms with Crippen molar-refractivity contribution in [2.45, 2.75) is 5.16 Å². The lowest BCUT2D eigenvalue weighted by Crippen LogP contribution is -2.15. The summed E-state index contributed by atoms with van der Waals surface area (Å²) >= 11 is 1.44. The van der Waals surface area contributed by atoms with Gasteiger partial charge in [-0.1, -0.05) is 11.8 Å². The maximum Gasteiger partial charge on any atom is 0.191 e. The van der Waals surface area contributed by atoms with Gasteiger partial charge in [0.25, 0.3) is 0 Å². The predicted octanol–water partition coefficient (Wildman–Crippen LogP) is 2.12. The van der Waals surface area contributed by atoms with Crippen molar-refractivity contribution in [1.29, 1.82) is 5.26 Å². The molecule has 3 N–H and O–H groups in total. The van der Waals surface area contributed by atoms with E-state index in [0.29, 0.717) is 16.5 Å². The third kappa shape index (κ3) is 2.99. The Morgan fingerprint density at radius 3 is 2.55 bits per heavy atom. The number of aromatic nitrogens is 2. The van der Waals surface area contributed by atoms with Gasteiger partial charge in [0.15, 0.2) is 5.16 Å². The summed E-state index contributed by atoms with van der Waals surface area (Å²) in [5, 5.41) is 9.45. The summed E-state index contributed by atoms with van der Waals surface area (Å²) in [6.07, 6.45) is 1.90. The van der Waals surface area contributed by atoms with Crippen molar-refractivity contribution in [3.8, 4) is 6.07 Å². The van der Waals surface area contributed by atoms with Crippen LogP contribution in [0.1, 0.15) is 5.56 Å². The van der Waals surface area contributed by atoms with Crippen molar-refractivity contribution in [1.82, 2.24) is 9.97 Å². The van der Waals surface area contributed by atoms with E-state index in [9.17, 15) is 0 Å². The summed E-state index contributed by atoms with van der Waals surface area (Å²) in [4.78, 5) is 10.6. The van der Waals surface area contributed by atoms with E-state index in [1.165, 1.54) is 11.8 Å². The van der Waals surface area contributed by atoms with Crippen molar-refractivity contribution < 1.29 is 0 Å². The van der Waals surface area contributed by atoms with E-state index >= 15 is 0 Å². The van der Waals surface area contributed by atoms with Crippen LogP contribution in [-0.4, -0.2) is 23.3 Å². The minimum absolute atomic E-state index is 0.555. The highest BCUT2D eigenvalue weighted by molar-refractivity contribution is 7.98. The zero-order chi connectivity index (χ0) is 14.5. The highest BCUT2D eigenvalue weighted by Gasteiger charge is 2.09. The fourth-order valence-electron chi connectivity index (χ4n) is 1.64. The second kappa shape index (κ2) is 6.23. The summed E-state index contributed by atoms with van der Waals surface area (Å²) in [7, 11) is 1.90. The average molecular weight is 286 g/mol. The highest BCUT2D eigenvalue weighted by atomic mass is 32.2. The fraction of sp³-hybridized carbons (Fsp3) is 0.154. The molecule has 0 unspecified atom stereocenters. The van der Waals surface area contributed by atoms with Gasteiger partial charge >= 0.3 is 0 Å². The van der Waals surface area contributed by atoms with E-state index < -0.39 is 0 Å². The van der Waals surface area contributed by atoms with Gasteiger partial charge in [0.2, 0.25) is 0 Å². The van der Waals surface area contributed by atoms with Gasteiger partial charge in [0.05, 0.1) is 11.6 Å². The molecule has 0 aliphatic heterocycles. The van der Waals surface area contributed by atoms with Crippen LogP contribution in [0.2, 0.25) is 0 Å². The smallest absolute Gasteiger partial charge is 0.191 e. The molecule has 1 heterocycles. The number of hydrogen-bond donors (Lipinski definition) is 2. The molecular weight excluding hydrogens is 272 g/mol. The van der Waals surface area contributed by atoms with Crippen LogP contribution in [0.25, 0.3) is 0 Å². The molecule has 0 spiro atoms. The quantitative estimate of drug-likeness (QED) is 0.385. The van der Waals surface area contributed by atoms with Crippen LogP contribution in [0.4, 0.5) is 17.3 Å². The number of benzene rings is 1. The van der Waals surface area contributed by atoms with Crippen molar-refractivity contribution >= 4 is 29.1 Å². The topological polar surface area (TPSA) is 90.9 Å². The molecule has 7 heteroatoms. The second-order valence-electron chi connectivity index (χ2n) is 3.96. The highest BCUT2D eigenvalue weighted by Crippen LogP contribution is 2.25. The normalized spacial score (nSPS) is 9.90. The van der Waals surface area contributed by atoms with Gasteiger partial charge in [0, 0.05) is 18.8 Å². The monoisotopic (exact) mass is 286 g/mol. The number of nitrogen functional groups attached to an aromatic ring is 1. The lowest BCUT2D eigenvalue weighted by Gasteiger charge is -2.19. The van der Waals surface area contributed by atoms with E-state index in [2.05, 4.69) is 21.5 Å². The van der Waals surface area contributed by atoms with Crippen molar-refractivity contribution in [3.63, 3.8) is 0 Å². The maximum atomic E-state index is 8.81. The van der Waals surface area contributed by atoms with E-state index in [1.54, 1.807) is 18.2 Å². The molecule has 0 radical (unpaired) electrons. The van der Waals surface area contributed by atoms with Crippen LogP contribution in [0.15, 0.2) is 35.5 Å². The molecule has 6 nitrogen and oxygen atoms in total. The molecule has 2 rings (SSSR count). The fourth-order valence-corrected chi connectivity index (χ4v) is 2.02. The first kappa shape index (κ1) is 14.1. The molecule has 0 saturated heterocycles. The number of nitrogens with two attached hydrogens (primary N) is 1. The number of thioether (sulfide) groups is 1. The molecule has 0 saturated carbocycles. The van der Waals surface area contributed by atoms with Gasteiger partial charge in [0.1, 0.15) is 11.6 Å². The predicted molar refractivity (Wildman–Crippen MR) is 80.8 cm³/mol. The molecule has 1 aromatic carbocycles. The molecule has 102 valence electrons. The second-order valence-corrected chi connectivity index (χ2v) is 4.73. The molecule has 0 fully saturated rings. The van der Waals surface area contributed by atoms with E-state index in [4.69, 9.17) is 11.1 Å². The first-order valence-electron chi connectivity index (χ1n) is 5.81. The number of nitriles is 1. The number of anilines is 3. The van der Waals surface area contributed by atoms with Crippen LogP contribution in [-0.2, 0) is 0 Å². The number of rotatable bonds is 4. The van der Waals surface area contributed by atoms with Gasteiger partial charge in [-0.3, -0.25) is 0 Å². The van der Waals surface area contributed by atoms with Crippen LogP contribution in [0, 0.1) is 11.3 Å². The zero-order valence-electron chi connectivity index (χ0n) is 11.2. The molecule has 0 atom stereocenters. The molecular formula is C13H14N6S. The molecule has 0 aliphatic carbocycles. The Kier molecular flexibility index (Phi) is 4.40. The van der Waals surface area contributed by atoms with E-state index in [-0.39, 0.29) is 0 Å². The Labute approximate surface area is 121 Å². The summed E-state index contributed by atoms with van der Waals surface area (Å²) in [6, 6.07) is 11.1. The first-order chi connectivity index (χ1) is 9.67. The summed E-state index contributed by atoms with van der Waals surface area (Å²) < 4.78 is 0. The first-order valence-corrected chi connectivity index (χ1v) is 7.04. The number of nitrogens with zero attached hydrogens (tertiary/aromatic N) is 4. The Bertz CT molecular complexity index is 612. The minimum Gasteiger partial charge on any atom is -0.329 e. The largest absolute Gasteiger partial charge is 0.329 e. The summed E-state index contributed by atoms with van der Waals surface area (Å²) in [6.45, 7) is 0. The molecule has 0 bridgehead atoms. The SMILES string of the molecule is CSc1nc(NN)cc(N(C)c2ccc(C#N)cc2)n1. The van der Waals surface area contributed by atoms with E-state index in [0.717, 1.165) is 11.5 Å². The third-order valence-electron chi connectivity index (χ3n) is 2.75. The average Bonchev–Trinajstić information content (AvgIpc) is 2.53. The number of nitrogens with one attached hydrogen (secondary N) is 1. The number of hydrazine groups is 1. The van der Waals surface area contributed by atoms with Gasteiger partial charge in [-0.05, 0) is 30.5 Å². The maximum absolute atomic E-state index is 8.81. The Morgan fingerprint density at radius 1 is 1.30 bits per heavy atom. The molecule has 0 aliphatic rings. The van der Waals surface area contributed by atoms with Gasteiger partial charge in [-0.25, -0.2) is 15.8 Å². The van der Waals surface area contributed by atoms with Crippen molar-refractivity contribution in [3.05, 3.63) is 35.9 Å². The molecule has 20 heavy (non-hydrogen) atoms. The molecule has 2 aromatic rings. The van der Waals surface area contributed by atoms with Crippen LogP contribution >= 0.6 is 11.8 Å². The summed E-state index contributed by atoms with van der Waals surface area (Å²) in [5.41, 5.74) is 4.08. The Balaban J connectivity index is 2.36. The van der Waals surface area contributed by atoms with Gasteiger partial charge in [-0.2, -0.15) is 5.26 Å². The standard InChI is InChI=1S/C13H14N6S/c1-19(10-5-3-9(8-14)4-6-10)12-7-11(18-15)16-13(17-12)20-2/h3-7H,15H2,1-2H3,(H,16,17,18). The van der Waals surface area contributed by atoms with Crippen LogP contribution in [0.3, 0.4) is 0 Å². The number of hydrogen-bond acceptors (Lipinski definition) is 7.